The molecule has 1 aromatic rings. The summed E-state index contributed by atoms with van der Waals surface area (Å²) in [6.45, 7) is 0.117. The molecule has 1 atom stereocenters. The second-order valence-corrected chi connectivity index (χ2v) is 4.12. The van der Waals surface area contributed by atoms with Gasteiger partial charge >= 0.3 is 0 Å². The van der Waals surface area contributed by atoms with E-state index in [0.29, 0.717) is 0 Å². The van der Waals surface area contributed by atoms with Crippen molar-refractivity contribution in [2.45, 2.75) is 25.3 Å². The number of rotatable bonds is 3. The van der Waals surface area contributed by atoms with Crippen molar-refractivity contribution in [2.75, 3.05) is 13.7 Å². The molecule has 1 heterocycles. The third-order valence-electron chi connectivity index (χ3n) is 2.99. The van der Waals surface area contributed by atoms with Crippen LogP contribution < -0.4 is 5.32 Å². The highest BCUT2D eigenvalue weighted by atomic mass is 16.5. The van der Waals surface area contributed by atoms with Gasteiger partial charge in [-0.3, -0.25) is 9.48 Å². The number of nitrogens with one attached hydrogen (secondary N) is 1. The highest BCUT2D eigenvalue weighted by Gasteiger charge is 2.24. The number of methoxy groups -OCH3 is 1. The minimum Gasteiger partial charge on any atom is -0.375 e. The summed E-state index contributed by atoms with van der Waals surface area (Å²) in [5, 5.41) is 7.21. The van der Waals surface area contributed by atoms with Crippen LogP contribution >= 0.6 is 0 Å². The average Bonchev–Trinajstić information content (AvgIpc) is 2.62. The van der Waals surface area contributed by atoms with Crippen LogP contribution in [0.15, 0.2) is 6.20 Å². The van der Waals surface area contributed by atoms with Gasteiger partial charge < -0.3 is 10.1 Å². The molecule has 2 rings (SSSR count). The highest BCUT2D eigenvalue weighted by molar-refractivity contribution is 5.77. The third-order valence-corrected chi connectivity index (χ3v) is 2.99. The number of nitrogens with zero attached hydrogens (tertiary/aromatic N) is 2. The SMILES string of the molecule is COCC(=O)NC1CCCc2c1cnn2C. The van der Waals surface area contributed by atoms with E-state index in [1.807, 2.05) is 17.9 Å². The molecule has 16 heavy (non-hydrogen) atoms. The quantitative estimate of drug-likeness (QED) is 0.814. The summed E-state index contributed by atoms with van der Waals surface area (Å²) in [6, 6.07) is 0.0973. The molecular weight excluding hydrogens is 206 g/mol. The van der Waals surface area contributed by atoms with Crippen molar-refractivity contribution >= 4 is 5.91 Å². The maximum Gasteiger partial charge on any atom is 0.246 e. The lowest BCUT2D eigenvalue weighted by Gasteiger charge is -2.23. The molecule has 1 amide bonds. The summed E-state index contributed by atoms with van der Waals surface area (Å²) in [6.07, 6.45) is 4.97. The van der Waals surface area contributed by atoms with Gasteiger partial charge in [-0.2, -0.15) is 5.10 Å². The van der Waals surface area contributed by atoms with E-state index in [-0.39, 0.29) is 18.6 Å². The van der Waals surface area contributed by atoms with Gasteiger partial charge in [0.05, 0.1) is 12.2 Å². The Morgan fingerprint density at radius 2 is 2.56 bits per heavy atom. The molecule has 1 unspecified atom stereocenters. The molecule has 0 fully saturated rings. The number of aromatic nitrogens is 2. The second-order valence-electron chi connectivity index (χ2n) is 4.12. The largest absolute Gasteiger partial charge is 0.375 e. The number of hydrogen-bond acceptors (Lipinski definition) is 3. The Hall–Kier alpha value is -1.36. The number of fused-ring (bicyclic) bond motifs is 1. The lowest BCUT2D eigenvalue weighted by atomic mass is 9.93. The van der Waals surface area contributed by atoms with Gasteiger partial charge in [-0.25, -0.2) is 0 Å². The van der Waals surface area contributed by atoms with Crippen molar-refractivity contribution in [2.24, 2.45) is 7.05 Å². The normalized spacial score (nSPS) is 19.2. The number of carbonyl (C=O) groups is 1. The van der Waals surface area contributed by atoms with E-state index < -0.39 is 0 Å². The third kappa shape index (κ3) is 2.09. The van der Waals surface area contributed by atoms with E-state index in [1.165, 1.54) is 12.8 Å². The first kappa shape index (κ1) is 11.1. The van der Waals surface area contributed by atoms with Crippen LogP contribution in [0.4, 0.5) is 0 Å². The first-order valence-corrected chi connectivity index (χ1v) is 5.51. The Kier molecular flexibility index (Phi) is 3.24. The molecule has 0 spiro atoms. The molecule has 88 valence electrons. The van der Waals surface area contributed by atoms with Crippen molar-refractivity contribution < 1.29 is 9.53 Å². The van der Waals surface area contributed by atoms with Crippen molar-refractivity contribution in [3.8, 4) is 0 Å². The van der Waals surface area contributed by atoms with Gasteiger partial charge in [0.2, 0.25) is 5.91 Å². The van der Waals surface area contributed by atoms with Gasteiger partial charge in [0, 0.05) is 25.4 Å². The molecule has 0 saturated carbocycles. The lowest BCUT2D eigenvalue weighted by Crippen LogP contribution is -2.33. The smallest absolute Gasteiger partial charge is 0.246 e. The fourth-order valence-corrected chi connectivity index (χ4v) is 2.22. The Bertz CT molecular complexity index is 387. The molecule has 5 nitrogen and oxygen atoms in total. The second kappa shape index (κ2) is 4.65. The molecule has 0 saturated heterocycles. The van der Waals surface area contributed by atoms with Crippen LogP contribution in [0, 0.1) is 0 Å². The maximum atomic E-state index is 11.5. The molecule has 1 aliphatic carbocycles. The number of carbonyl (C=O) groups excluding carboxylic acids is 1. The number of aryl methyl sites for hydroxylation is 1. The van der Waals surface area contributed by atoms with E-state index in [1.54, 1.807) is 0 Å². The summed E-state index contributed by atoms with van der Waals surface area (Å²) in [4.78, 5) is 11.5. The summed E-state index contributed by atoms with van der Waals surface area (Å²) in [5.41, 5.74) is 2.38. The predicted molar refractivity (Wildman–Crippen MR) is 58.9 cm³/mol. The van der Waals surface area contributed by atoms with Gasteiger partial charge in [0.25, 0.3) is 0 Å². The van der Waals surface area contributed by atoms with Crippen LogP contribution in [0.25, 0.3) is 0 Å². The van der Waals surface area contributed by atoms with Gasteiger partial charge in [-0.05, 0) is 19.3 Å². The topological polar surface area (TPSA) is 56.1 Å². The minimum atomic E-state index is -0.0656. The van der Waals surface area contributed by atoms with Crippen LogP contribution in [0.1, 0.15) is 30.1 Å². The maximum absolute atomic E-state index is 11.5. The van der Waals surface area contributed by atoms with Crippen LogP contribution in [0.3, 0.4) is 0 Å². The van der Waals surface area contributed by atoms with Crippen LogP contribution in [-0.4, -0.2) is 29.4 Å². The van der Waals surface area contributed by atoms with E-state index in [4.69, 9.17) is 4.74 Å². The first-order valence-electron chi connectivity index (χ1n) is 5.51. The molecule has 0 bridgehead atoms. The Labute approximate surface area is 94.8 Å². The van der Waals surface area contributed by atoms with Crippen LogP contribution in [0.5, 0.6) is 0 Å². The summed E-state index contributed by atoms with van der Waals surface area (Å²) >= 11 is 0. The highest BCUT2D eigenvalue weighted by Crippen LogP contribution is 2.28. The molecule has 1 aliphatic rings. The molecule has 0 aliphatic heterocycles. The monoisotopic (exact) mass is 223 g/mol. The standard InChI is InChI=1S/C11H17N3O2/c1-14-10-5-3-4-9(8(10)6-12-14)13-11(15)7-16-2/h6,9H,3-5,7H2,1-2H3,(H,13,15). The molecular formula is C11H17N3O2. The zero-order valence-electron chi connectivity index (χ0n) is 9.69. The van der Waals surface area contributed by atoms with Gasteiger partial charge in [-0.15, -0.1) is 0 Å². The molecule has 1 N–H and O–H groups in total. The lowest BCUT2D eigenvalue weighted by molar-refractivity contribution is -0.125. The van der Waals surface area contributed by atoms with E-state index in [2.05, 4.69) is 10.4 Å². The zero-order valence-corrected chi connectivity index (χ0v) is 9.69. The molecule has 0 aromatic carbocycles. The zero-order chi connectivity index (χ0) is 11.5. The van der Waals surface area contributed by atoms with Crippen molar-refractivity contribution in [1.29, 1.82) is 0 Å². The number of ether oxygens (including phenoxy) is 1. The van der Waals surface area contributed by atoms with Crippen LogP contribution in [0.2, 0.25) is 0 Å². The molecule has 0 radical (unpaired) electrons. The Balaban J connectivity index is 2.10. The summed E-state index contributed by atoms with van der Waals surface area (Å²) in [7, 11) is 3.47. The van der Waals surface area contributed by atoms with Crippen molar-refractivity contribution in [1.82, 2.24) is 15.1 Å². The van der Waals surface area contributed by atoms with E-state index in [0.717, 1.165) is 24.8 Å². The van der Waals surface area contributed by atoms with Crippen molar-refractivity contribution in [3.63, 3.8) is 0 Å². The van der Waals surface area contributed by atoms with Gasteiger partial charge in [0.1, 0.15) is 6.61 Å². The summed E-state index contributed by atoms with van der Waals surface area (Å²) in [5.74, 6) is -0.0656. The van der Waals surface area contributed by atoms with E-state index >= 15 is 0 Å². The van der Waals surface area contributed by atoms with Gasteiger partial charge in [0.15, 0.2) is 0 Å². The van der Waals surface area contributed by atoms with Crippen LogP contribution in [-0.2, 0) is 23.0 Å². The number of amides is 1. The fraction of sp³-hybridized carbons (Fsp3) is 0.636. The summed E-state index contributed by atoms with van der Waals surface area (Å²) < 4.78 is 6.70. The van der Waals surface area contributed by atoms with Gasteiger partial charge in [-0.1, -0.05) is 0 Å². The predicted octanol–water partition coefficient (Wildman–Crippen LogP) is 0.560. The molecule has 1 aromatic heterocycles. The average molecular weight is 223 g/mol. The Morgan fingerprint density at radius 1 is 1.75 bits per heavy atom. The van der Waals surface area contributed by atoms with E-state index in [9.17, 15) is 4.79 Å². The fourth-order valence-electron chi connectivity index (χ4n) is 2.22. The van der Waals surface area contributed by atoms with Crippen molar-refractivity contribution in [3.05, 3.63) is 17.5 Å². The first-order chi connectivity index (χ1) is 7.72. The number of hydrogen-bond donors (Lipinski definition) is 1. The minimum absolute atomic E-state index is 0.0656. The molecule has 5 heteroatoms. The Morgan fingerprint density at radius 3 is 3.31 bits per heavy atom.